The molecule has 2 aromatic carbocycles. The van der Waals surface area contributed by atoms with E-state index in [2.05, 4.69) is 54.4 Å². The van der Waals surface area contributed by atoms with E-state index in [9.17, 15) is 4.79 Å². The Hall–Kier alpha value is -1.94. The maximum Gasteiger partial charge on any atom is 0.234 e. The number of hydrogen-bond donors (Lipinski definition) is 1. The smallest absolute Gasteiger partial charge is 0.234 e. The summed E-state index contributed by atoms with van der Waals surface area (Å²) in [5.41, 5.74) is 4.66. The zero-order chi connectivity index (χ0) is 17.6. The van der Waals surface area contributed by atoms with Gasteiger partial charge in [0.1, 0.15) is 0 Å². The largest absolute Gasteiger partial charge is 0.372 e. The monoisotopic (exact) mass is 354 g/mol. The minimum Gasteiger partial charge on any atom is -0.372 e. The predicted molar refractivity (Wildman–Crippen MR) is 108 cm³/mol. The first-order valence-corrected chi connectivity index (χ1v) is 9.95. The third-order valence-electron chi connectivity index (χ3n) is 4.72. The highest BCUT2D eigenvalue weighted by molar-refractivity contribution is 8.00. The fourth-order valence-corrected chi connectivity index (χ4v) is 3.85. The van der Waals surface area contributed by atoms with Crippen LogP contribution < -0.4 is 10.2 Å². The van der Waals surface area contributed by atoms with Gasteiger partial charge in [0, 0.05) is 29.4 Å². The first-order chi connectivity index (χ1) is 12.1. The van der Waals surface area contributed by atoms with Crippen LogP contribution in [-0.2, 0) is 4.79 Å². The molecule has 132 valence electrons. The average Bonchev–Trinajstić information content (AvgIpc) is 2.64. The normalized spacial score (nSPS) is 14.4. The van der Waals surface area contributed by atoms with E-state index >= 15 is 0 Å². The lowest BCUT2D eigenvalue weighted by atomic mass is 10.1. The lowest BCUT2D eigenvalue weighted by molar-refractivity contribution is -0.113. The quantitative estimate of drug-likeness (QED) is 0.765. The SMILES string of the molecule is Cc1ccc(SCC(=O)Nc2ccc(N3CCCCC3)cc2)cc1C. The van der Waals surface area contributed by atoms with Crippen molar-refractivity contribution >= 4 is 29.0 Å². The zero-order valence-corrected chi connectivity index (χ0v) is 15.9. The maximum absolute atomic E-state index is 12.2. The van der Waals surface area contributed by atoms with Crippen LogP contribution in [0.15, 0.2) is 47.4 Å². The van der Waals surface area contributed by atoms with E-state index in [1.54, 1.807) is 11.8 Å². The molecule has 25 heavy (non-hydrogen) atoms. The fraction of sp³-hybridized carbons (Fsp3) is 0.381. The summed E-state index contributed by atoms with van der Waals surface area (Å²) in [5, 5.41) is 2.99. The summed E-state index contributed by atoms with van der Waals surface area (Å²) in [4.78, 5) is 15.7. The highest BCUT2D eigenvalue weighted by atomic mass is 32.2. The van der Waals surface area contributed by atoms with Crippen molar-refractivity contribution in [3.63, 3.8) is 0 Å². The van der Waals surface area contributed by atoms with Crippen LogP contribution in [0.1, 0.15) is 30.4 Å². The topological polar surface area (TPSA) is 32.3 Å². The number of thioether (sulfide) groups is 1. The Kier molecular flexibility index (Phi) is 6.03. The Labute approximate surface area is 154 Å². The van der Waals surface area contributed by atoms with E-state index in [1.165, 1.54) is 36.1 Å². The molecule has 1 heterocycles. The van der Waals surface area contributed by atoms with E-state index in [0.717, 1.165) is 23.7 Å². The van der Waals surface area contributed by atoms with Crippen molar-refractivity contribution < 1.29 is 4.79 Å². The van der Waals surface area contributed by atoms with Crippen LogP contribution in [0.2, 0.25) is 0 Å². The molecule has 1 N–H and O–H groups in total. The zero-order valence-electron chi connectivity index (χ0n) is 15.0. The molecule has 4 heteroatoms. The highest BCUT2D eigenvalue weighted by Gasteiger charge is 2.11. The molecule has 0 atom stereocenters. The third-order valence-corrected chi connectivity index (χ3v) is 5.71. The van der Waals surface area contributed by atoms with Gasteiger partial charge in [-0.2, -0.15) is 0 Å². The van der Waals surface area contributed by atoms with Crippen LogP contribution in [0.5, 0.6) is 0 Å². The minimum atomic E-state index is 0.0361. The highest BCUT2D eigenvalue weighted by Crippen LogP contribution is 2.23. The Morgan fingerprint density at radius 2 is 1.72 bits per heavy atom. The molecule has 1 fully saturated rings. The molecule has 0 saturated carbocycles. The molecule has 1 aliphatic rings. The molecule has 3 nitrogen and oxygen atoms in total. The number of nitrogens with zero attached hydrogens (tertiary/aromatic N) is 1. The molecular formula is C21H26N2OS. The van der Waals surface area contributed by atoms with Crippen LogP contribution in [-0.4, -0.2) is 24.7 Å². The van der Waals surface area contributed by atoms with Gasteiger partial charge in [0.25, 0.3) is 0 Å². The second kappa shape index (κ2) is 8.43. The Morgan fingerprint density at radius 3 is 2.40 bits per heavy atom. The molecule has 1 amide bonds. The standard InChI is InChI=1S/C21H26N2OS/c1-16-6-11-20(14-17(16)2)25-15-21(24)22-18-7-9-19(10-8-18)23-12-4-3-5-13-23/h6-11,14H,3-5,12-13,15H2,1-2H3,(H,22,24). The van der Waals surface area contributed by atoms with Gasteiger partial charge < -0.3 is 10.2 Å². The van der Waals surface area contributed by atoms with Gasteiger partial charge in [-0.15, -0.1) is 11.8 Å². The predicted octanol–water partition coefficient (Wildman–Crippen LogP) is 5.02. The van der Waals surface area contributed by atoms with Gasteiger partial charge >= 0.3 is 0 Å². The second-order valence-electron chi connectivity index (χ2n) is 6.68. The van der Waals surface area contributed by atoms with Crippen molar-refractivity contribution in [3.8, 4) is 0 Å². The van der Waals surface area contributed by atoms with Gasteiger partial charge in [0.2, 0.25) is 5.91 Å². The van der Waals surface area contributed by atoms with E-state index in [-0.39, 0.29) is 5.91 Å². The first-order valence-electron chi connectivity index (χ1n) is 8.97. The summed E-state index contributed by atoms with van der Waals surface area (Å²) in [6.07, 6.45) is 3.88. The molecule has 2 aromatic rings. The number of hydrogen-bond acceptors (Lipinski definition) is 3. The molecule has 0 radical (unpaired) electrons. The molecule has 3 rings (SSSR count). The van der Waals surface area contributed by atoms with Gasteiger partial charge in [-0.25, -0.2) is 0 Å². The van der Waals surface area contributed by atoms with E-state index in [1.807, 2.05) is 12.1 Å². The lowest BCUT2D eigenvalue weighted by Gasteiger charge is -2.28. The van der Waals surface area contributed by atoms with Crippen molar-refractivity contribution in [1.29, 1.82) is 0 Å². The number of aryl methyl sites for hydroxylation is 2. The van der Waals surface area contributed by atoms with Gasteiger partial charge in [-0.05, 0) is 80.6 Å². The first kappa shape index (κ1) is 17.9. The summed E-state index contributed by atoms with van der Waals surface area (Å²) in [6.45, 7) is 6.48. The van der Waals surface area contributed by atoms with E-state index < -0.39 is 0 Å². The number of carbonyl (C=O) groups is 1. The summed E-state index contributed by atoms with van der Waals surface area (Å²) in [5.74, 6) is 0.463. The van der Waals surface area contributed by atoms with Crippen LogP contribution in [0.3, 0.4) is 0 Å². The van der Waals surface area contributed by atoms with Crippen LogP contribution >= 0.6 is 11.8 Å². The average molecular weight is 355 g/mol. The number of nitrogens with one attached hydrogen (secondary N) is 1. The van der Waals surface area contributed by atoms with Gasteiger partial charge in [-0.3, -0.25) is 4.79 Å². The molecule has 1 aliphatic heterocycles. The van der Waals surface area contributed by atoms with Crippen molar-refractivity contribution in [2.75, 3.05) is 29.1 Å². The number of carbonyl (C=O) groups excluding carboxylic acids is 1. The van der Waals surface area contributed by atoms with Gasteiger partial charge in [-0.1, -0.05) is 6.07 Å². The fourth-order valence-electron chi connectivity index (χ4n) is 3.06. The van der Waals surface area contributed by atoms with E-state index in [4.69, 9.17) is 0 Å². The van der Waals surface area contributed by atoms with Crippen LogP contribution in [0, 0.1) is 13.8 Å². The van der Waals surface area contributed by atoms with Crippen molar-refractivity contribution in [2.24, 2.45) is 0 Å². The Bertz CT molecular complexity index is 721. The van der Waals surface area contributed by atoms with Crippen LogP contribution in [0.4, 0.5) is 11.4 Å². The van der Waals surface area contributed by atoms with Crippen molar-refractivity contribution in [3.05, 3.63) is 53.6 Å². The molecule has 0 bridgehead atoms. The second-order valence-corrected chi connectivity index (χ2v) is 7.73. The Balaban J connectivity index is 1.51. The van der Waals surface area contributed by atoms with Crippen molar-refractivity contribution in [2.45, 2.75) is 38.0 Å². The summed E-state index contributed by atoms with van der Waals surface area (Å²) in [6, 6.07) is 14.5. The molecule has 0 spiro atoms. The molecule has 0 aliphatic carbocycles. The Morgan fingerprint density at radius 1 is 1.00 bits per heavy atom. The number of piperidine rings is 1. The third kappa shape index (κ3) is 5.02. The maximum atomic E-state index is 12.2. The molecular weight excluding hydrogens is 328 g/mol. The van der Waals surface area contributed by atoms with E-state index in [0.29, 0.717) is 5.75 Å². The van der Waals surface area contributed by atoms with Gasteiger partial charge in [0.05, 0.1) is 5.75 Å². The molecule has 0 unspecified atom stereocenters. The summed E-state index contributed by atoms with van der Waals surface area (Å²) >= 11 is 1.58. The number of amides is 1. The lowest BCUT2D eigenvalue weighted by Crippen LogP contribution is -2.29. The van der Waals surface area contributed by atoms with Gasteiger partial charge in [0.15, 0.2) is 0 Å². The molecule has 0 aromatic heterocycles. The van der Waals surface area contributed by atoms with Crippen molar-refractivity contribution in [1.82, 2.24) is 0 Å². The number of rotatable bonds is 5. The number of benzene rings is 2. The summed E-state index contributed by atoms with van der Waals surface area (Å²) < 4.78 is 0. The van der Waals surface area contributed by atoms with Crippen LogP contribution in [0.25, 0.3) is 0 Å². The number of anilines is 2. The molecule has 1 saturated heterocycles. The summed E-state index contributed by atoms with van der Waals surface area (Å²) in [7, 11) is 0. The minimum absolute atomic E-state index is 0.0361.